The van der Waals surface area contributed by atoms with Gasteiger partial charge in [-0.25, -0.2) is 0 Å². The SMILES string of the molecule is Cc1ccc(C)c(C(=O)c2ccc(Br)cc2Br)c1. The van der Waals surface area contributed by atoms with Crippen LogP contribution in [0.2, 0.25) is 0 Å². The minimum absolute atomic E-state index is 0.0515. The first-order valence-electron chi connectivity index (χ1n) is 5.56. The van der Waals surface area contributed by atoms with E-state index >= 15 is 0 Å². The van der Waals surface area contributed by atoms with Gasteiger partial charge < -0.3 is 0 Å². The van der Waals surface area contributed by atoms with E-state index in [9.17, 15) is 4.79 Å². The van der Waals surface area contributed by atoms with Gasteiger partial charge in [0.1, 0.15) is 0 Å². The third kappa shape index (κ3) is 2.73. The Balaban J connectivity index is 2.51. The molecule has 0 saturated carbocycles. The fourth-order valence-corrected chi connectivity index (χ4v) is 3.03. The maximum atomic E-state index is 12.5. The van der Waals surface area contributed by atoms with Crippen molar-refractivity contribution in [3.05, 3.63) is 67.6 Å². The topological polar surface area (TPSA) is 17.1 Å². The van der Waals surface area contributed by atoms with Crippen molar-refractivity contribution < 1.29 is 4.79 Å². The highest BCUT2D eigenvalue weighted by molar-refractivity contribution is 9.11. The van der Waals surface area contributed by atoms with Gasteiger partial charge in [0.2, 0.25) is 0 Å². The van der Waals surface area contributed by atoms with Crippen molar-refractivity contribution in [2.45, 2.75) is 13.8 Å². The van der Waals surface area contributed by atoms with Gasteiger partial charge in [-0.05, 0) is 59.6 Å². The molecule has 0 spiro atoms. The second-order valence-electron chi connectivity index (χ2n) is 4.27. The van der Waals surface area contributed by atoms with Gasteiger partial charge in [-0.1, -0.05) is 33.6 Å². The zero-order valence-electron chi connectivity index (χ0n) is 10.1. The molecule has 0 amide bonds. The number of carbonyl (C=O) groups excluding carboxylic acids is 1. The van der Waals surface area contributed by atoms with Crippen molar-refractivity contribution in [1.82, 2.24) is 0 Å². The lowest BCUT2D eigenvalue weighted by atomic mass is 9.97. The minimum Gasteiger partial charge on any atom is -0.289 e. The predicted octanol–water partition coefficient (Wildman–Crippen LogP) is 5.06. The van der Waals surface area contributed by atoms with Crippen LogP contribution in [0, 0.1) is 13.8 Å². The molecule has 0 aromatic heterocycles. The van der Waals surface area contributed by atoms with Gasteiger partial charge in [0.15, 0.2) is 5.78 Å². The summed E-state index contributed by atoms with van der Waals surface area (Å²) in [6, 6.07) is 11.5. The van der Waals surface area contributed by atoms with Gasteiger partial charge in [-0.15, -0.1) is 0 Å². The molecule has 0 aliphatic rings. The fraction of sp³-hybridized carbons (Fsp3) is 0.133. The highest BCUT2D eigenvalue weighted by atomic mass is 79.9. The third-order valence-electron chi connectivity index (χ3n) is 2.81. The van der Waals surface area contributed by atoms with Crippen LogP contribution in [0.5, 0.6) is 0 Å². The van der Waals surface area contributed by atoms with Crippen LogP contribution in [-0.4, -0.2) is 5.78 Å². The smallest absolute Gasteiger partial charge is 0.194 e. The summed E-state index contributed by atoms with van der Waals surface area (Å²) in [7, 11) is 0. The molecule has 0 bridgehead atoms. The molecule has 1 nitrogen and oxygen atoms in total. The predicted molar refractivity (Wildman–Crippen MR) is 81.2 cm³/mol. The highest BCUT2D eigenvalue weighted by Gasteiger charge is 2.14. The first-order chi connectivity index (χ1) is 8.49. The molecular formula is C15H12Br2O. The van der Waals surface area contributed by atoms with Gasteiger partial charge >= 0.3 is 0 Å². The summed E-state index contributed by atoms with van der Waals surface area (Å²) in [5, 5.41) is 0. The molecule has 0 N–H and O–H groups in total. The summed E-state index contributed by atoms with van der Waals surface area (Å²) in [6.07, 6.45) is 0. The van der Waals surface area contributed by atoms with Crippen molar-refractivity contribution in [3.8, 4) is 0 Å². The number of aryl methyl sites for hydroxylation is 2. The number of rotatable bonds is 2. The van der Waals surface area contributed by atoms with Crippen LogP contribution >= 0.6 is 31.9 Å². The van der Waals surface area contributed by atoms with Gasteiger partial charge in [0.05, 0.1) is 0 Å². The van der Waals surface area contributed by atoms with Crippen molar-refractivity contribution >= 4 is 37.6 Å². The van der Waals surface area contributed by atoms with E-state index < -0.39 is 0 Å². The first kappa shape index (κ1) is 13.5. The fourth-order valence-electron chi connectivity index (χ4n) is 1.80. The minimum atomic E-state index is 0.0515. The van der Waals surface area contributed by atoms with Crippen molar-refractivity contribution in [2.24, 2.45) is 0 Å². The average molecular weight is 368 g/mol. The highest BCUT2D eigenvalue weighted by Crippen LogP contribution is 2.25. The molecule has 0 heterocycles. The number of carbonyl (C=O) groups is 1. The molecule has 92 valence electrons. The molecule has 0 aliphatic carbocycles. The summed E-state index contributed by atoms with van der Waals surface area (Å²) in [4.78, 5) is 12.5. The Labute approximate surface area is 123 Å². The number of hydrogen-bond acceptors (Lipinski definition) is 1. The molecular weight excluding hydrogens is 356 g/mol. The van der Waals surface area contributed by atoms with Crippen molar-refractivity contribution in [1.29, 1.82) is 0 Å². The maximum absolute atomic E-state index is 12.5. The van der Waals surface area contributed by atoms with Gasteiger partial charge in [0.25, 0.3) is 0 Å². The van der Waals surface area contributed by atoms with E-state index in [1.165, 1.54) is 0 Å². The average Bonchev–Trinajstić information content (AvgIpc) is 2.31. The summed E-state index contributed by atoms with van der Waals surface area (Å²) in [5.74, 6) is 0.0515. The lowest BCUT2D eigenvalue weighted by molar-refractivity contribution is 0.103. The van der Waals surface area contributed by atoms with E-state index in [4.69, 9.17) is 0 Å². The Morgan fingerprint density at radius 1 is 0.944 bits per heavy atom. The first-order valence-corrected chi connectivity index (χ1v) is 7.14. The Morgan fingerprint density at radius 3 is 2.33 bits per heavy atom. The van der Waals surface area contributed by atoms with Crippen LogP contribution in [0.4, 0.5) is 0 Å². The quantitative estimate of drug-likeness (QED) is 0.678. The molecule has 0 saturated heterocycles. The molecule has 18 heavy (non-hydrogen) atoms. The third-order valence-corrected chi connectivity index (χ3v) is 3.96. The monoisotopic (exact) mass is 366 g/mol. The molecule has 3 heteroatoms. The van der Waals surface area contributed by atoms with Crippen LogP contribution in [-0.2, 0) is 0 Å². The summed E-state index contributed by atoms with van der Waals surface area (Å²) in [5.41, 5.74) is 3.54. The van der Waals surface area contributed by atoms with Gasteiger partial charge in [-0.3, -0.25) is 4.79 Å². The van der Waals surface area contributed by atoms with Crippen molar-refractivity contribution in [3.63, 3.8) is 0 Å². The van der Waals surface area contributed by atoms with E-state index in [0.29, 0.717) is 5.56 Å². The van der Waals surface area contributed by atoms with Crippen molar-refractivity contribution in [2.75, 3.05) is 0 Å². The molecule has 0 fully saturated rings. The van der Waals surface area contributed by atoms with E-state index in [1.807, 2.05) is 50.2 Å². The Hall–Kier alpha value is -0.930. The Kier molecular flexibility index (Phi) is 4.03. The molecule has 0 radical (unpaired) electrons. The Morgan fingerprint density at radius 2 is 1.67 bits per heavy atom. The lowest BCUT2D eigenvalue weighted by Gasteiger charge is -2.08. The number of halogens is 2. The molecule has 2 aromatic rings. The van der Waals surface area contributed by atoms with E-state index in [2.05, 4.69) is 31.9 Å². The van der Waals surface area contributed by atoms with E-state index in [0.717, 1.165) is 25.6 Å². The standard InChI is InChI=1S/C15H12Br2O/c1-9-3-4-10(2)13(7-9)15(18)12-6-5-11(16)8-14(12)17/h3-8H,1-2H3. The zero-order valence-corrected chi connectivity index (χ0v) is 13.3. The number of hydrogen-bond donors (Lipinski definition) is 0. The van der Waals surface area contributed by atoms with Crippen LogP contribution < -0.4 is 0 Å². The summed E-state index contributed by atoms with van der Waals surface area (Å²) >= 11 is 6.82. The molecule has 0 aliphatic heterocycles. The second-order valence-corrected chi connectivity index (χ2v) is 6.04. The summed E-state index contributed by atoms with van der Waals surface area (Å²) < 4.78 is 1.76. The van der Waals surface area contributed by atoms with Gasteiger partial charge in [0, 0.05) is 20.1 Å². The normalized spacial score (nSPS) is 10.4. The zero-order chi connectivity index (χ0) is 13.3. The van der Waals surface area contributed by atoms with Gasteiger partial charge in [-0.2, -0.15) is 0 Å². The van der Waals surface area contributed by atoms with Crippen LogP contribution in [0.15, 0.2) is 45.3 Å². The van der Waals surface area contributed by atoms with E-state index in [1.54, 1.807) is 0 Å². The molecule has 0 atom stereocenters. The number of benzene rings is 2. The van der Waals surface area contributed by atoms with Crippen LogP contribution in [0.25, 0.3) is 0 Å². The molecule has 0 unspecified atom stereocenters. The molecule has 2 rings (SSSR count). The van der Waals surface area contributed by atoms with Crippen LogP contribution in [0.1, 0.15) is 27.0 Å². The lowest BCUT2D eigenvalue weighted by Crippen LogP contribution is -2.05. The van der Waals surface area contributed by atoms with Crippen LogP contribution in [0.3, 0.4) is 0 Å². The van der Waals surface area contributed by atoms with E-state index in [-0.39, 0.29) is 5.78 Å². The summed E-state index contributed by atoms with van der Waals surface area (Å²) in [6.45, 7) is 3.95. The Bertz CT molecular complexity index is 618. The number of ketones is 1. The largest absolute Gasteiger partial charge is 0.289 e. The second kappa shape index (κ2) is 5.37. The maximum Gasteiger partial charge on any atom is 0.194 e. The molecule has 2 aromatic carbocycles.